The maximum absolute atomic E-state index is 11.9. The molecule has 0 fully saturated rings. The van der Waals surface area contributed by atoms with Crippen LogP contribution in [0.4, 0.5) is 5.82 Å². The molecule has 0 aliphatic heterocycles. The van der Waals surface area contributed by atoms with Gasteiger partial charge < -0.3 is 10.1 Å². The summed E-state index contributed by atoms with van der Waals surface area (Å²) in [6.07, 6.45) is 5.66. The summed E-state index contributed by atoms with van der Waals surface area (Å²) in [6, 6.07) is 12.8. The minimum atomic E-state index is -0.738. The molecule has 1 amide bonds. The predicted octanol–water partition coefficient (Wildman–Crippen LogP) is 3.91. The molecule has 29 heavy (non-hydrogen) atoms. The lowest BCUT2D eigenvalue weighted by molar-refractivity contribution is -0.124. The van der Waals surface area contributed by atoms with Crippen LogP contribution in [0.5, 0.6) is 0 Å². The van der Waals surface area contributed by atoms with E-state index in [9.17, 15) is 9.59 Å². The Hall–Kier alpha value is -3.58. The van der Waals surface area contributed by atoms with E-state index < -0.39 is 11.8 Å². The number of anilines is 1. The van der Waals surface area contributed by atoms with Gasteiger partial charge in [0, 0.05) is 28.7 Å². The molecule has 1 atom stereocenters. The van der Waals surface area contributed by atoms with E-state index in [2.05, 4.69) is 15.3 Å². The predicted molar refractivity (Wildman–Crippen MR) is 111 cm³/mol. The number of aldehydes is 1. The zero-order valence-corrected chi connectivity index (χ0v) is 16.2. The maximum atomic E-state index is 11.9. The van der Waals surface area contributed by atoms with Gasteiger partial charge in [-0.1, -0.05) is 11.6 Å². The monoisotopic (exact) mass is 405 g/mol. The van der Waals surface area contributed by atoms with Crippen molar-refractivity contribution in [1.82, 2.24) is 19.5 Å². The molecule has 144 valence electrons. The molecule has 0 spiro atoms. The summed E-state index contributed by atoms with van der Waals surface area (Å²) >= 11 is 6.04. The average Bonchev–Trinajstić information content (AvgIpc) is 3.14. The number of nitrogens with one attached hydrogen (secondary N) is 1. The van der Waals surface area contributed by atoms with Crippen molar-refractivity contribution in [2.24, 2.45) is 5.92 Å². The Morgan fingerprint density at radius 3 is 2.62 bits per heavy atom. The van der Waals surface area contributed by atoms with Gasteiger partial charge in [0.15, 0.2) is 0 Å². The van der Waals surface area contributed by atoms with Gasteiger partial charge in [-0.3, -0.25) is 14.3 Å². The Bertz CT molecular complexity index is 1190. The molecule has 0 saturated carbocycles. The number of carbonyl (C=O) groups is 2. The second-order valence-corrected chi connectivity index (χ2v) is 6.89. The van der Waals surface area contributed by atoms with E-state index in [1.165, 1.54) is 6.92 Å². The van der Waals surface area contributed by atoms with Crippen LogP contribution in [-0.4, -0.2) is 31.7 Å². The molecule has 0 bridgehead atoms. The SMILES string of the molecule is CC(C=O)C(=O)Nc1ccc(-c2nc3ccncc3n2-c2ccc(Cl)cc2)cn1. The number of nitrogens with zero attached hydrogens (tertiary/aromatic N) is 4. The Morgan fingerprint density at radius 1 is 1.14 bits per heavy atom. The molecule has 1 aromatic carbocycles. The van der Waals surface area contributed by atoms with Crippen LogP contribution in [0.1, 0.15) is 6.92 Å². The van der Waals surface area contributed by atoms with Crippen molar-refractivity contribution in [3.8, 4) is 17.1 Å². The molecular formula is C21H16ClN5O2. The molecule has 4 rings (SSSR count). The summed E-state index contributed by atoms with van der Waals surface area (Å²) in [5.41, 5.74) is 3.29. The minimum absolute atomic E-state index is 0.364. The van der Waals surface area contributed by atoms with Crippen molar-refractivity contribution >= 4 is 40.6 Å². The molecule has 1 N–H and O–H groups in total. The molecule has 1 unspecified atom stereocenters. The molecule has 0 aliphatic rings. The zero-order valence-electron chi connectivity index (χ0n) is 15.4. The van der Waals surface area contributed by atoms with E-state index >= 15 is 0 Å². The van der Waals surface area contributed by atoms with E-state index in [1.807, 2.05) is 41.0 Å². The first-order chi connectivity index (χ1) is 14.1. The lowest BCUT2D eigenvalue weighted by atomic mass is 10.2. The summed E-state index contributed by atoms with van der Waals surface area (Å²) in [7, 11) is 0. The minimum Gasteiger partial charge on any atom is -0.310 e. The number of benzene rings is 1. The summed E-state index contributed by atoms with van der Waals surface area (Å²) in [4.78, 5) is 35.9. The fourth-order valence-electron chi connectivity index (χ4n) is 2.87. The van der Waals surface area contributed by atoms with Gasteiger partial charge in [0.1, 0.15) is 17.9 Å². The third-order valence-corrected chi connectivity index (χ3v) is 4.68. The Morgan fingerprint density at radius 2 is 1.93 bits per heavy atom. The summed E-state index contributed by atoms with van der Waals surface area (Å²) in [5.74, 6) is -0.0944. The summed E-state index contributed by atoms with van der Waals surface area (Å²) in [5, 5.41) is 3.26. The van der Waals surface area contributed by atoms with Crippen molar-refractivity contribution in [2.45, 2.75) is 6.92 Å². The van der Waals surface area contributed by atoms with Gasteiger partial charge in [-0.15, -0.1) is 0 Å². The Kier molecular flexibility index (Phi) is 5.05. The van der Waals surface area contributed by atoms with Crippen LogP contribution in [0.3, 0.4) is 0 Å². The molecule has 0 radical (unpaired) electrons. The van der Waals surface area contributed by atoms with Crippen LogP contribution in [0.15, 0.2) is 61.1 Å². The third kappa shape index (κ3) is 3.72. The maximum Gasteiger partial charge on any atom is 0.235 e. The number of halogens is 1. The normalized spacial score (nSPS) is 11.9. The van der Waals surface area contributed by atoms with E-state index in [4.69, 9.17) is 16.6 Å². The fourth-order valence-corrected chi connectivity index (χ4v) is 3.00. The van der Waals surface area contributed by atoms with Crippen LogP contribution < -0.4 is 5.32 Å². The summed E-state index contributed by atoms with van der Waals surface area (Å²) < 4.78 is 1.97. The van der Waals surface area contributed by atoms with Crippen molar-refractivity contribution in [3.05, 3.63) is 66.1 Å². The standard InChI is InChI=1S/C21H16ClN5O2/c1-13(12-28)21(29)26-19-7-2-14(10-24-19)20-25-17-8-9-23-11-18(17)27(20)16-5-3-15(22)4-6-16/h2-13H,1H3,(H,24,26,29). The summed E-state index contributed by atoms with van der Waals surface area (Å²) in [6.45, 7) is 1.53. The van der Waals surface area contributed by atoms with Crippen molar-refractivity contribution in [2.75, 3.05) is 5.32 Å². The number of rotatable bonds is 5. The van der Waals surface area contributed by atoms with Gasteiger partial charge in [0.05, 0.1) is 23.1 Å². The van der Waals surface area contributed by atoms with Crippen molar-refractivity contribution in [3.63, 3.8) is 0 Å². The van der Waals surface area contributed by atoms with Gasteiger partial charge in [0.25, 0.3) is 0 Å². The number of pyridine rings is 2. The molecule has 3 heterocycles. The number of imidazole rings is 1. The Labute approximate surface area is 171 Å². The first-order valence-corrected chi connectivity index (χ1v) is 9.25. The number of amides is 1. The number of aromatic nitrogens is 4. The highest BCUT2D eigenvalue weighted by atomic mass is 35.5. The molecule has 8 heteroatoms. The lowest BCUT2D eigenvalue weighted by Crippen LogP contribution is -2.21. The van der Waals surface area contributed by atoms with Gasteiger partial charge in [-0.25, -0.2) is 9.97 Å². The Balaban J connectivity index is 1.76. The topological polar surface area (TPSA) is 89.8 Å². The van der Waals surface area contributed by atoms with Crippen LogP contribution in [-0.2, 0) is 9.59 Å². The molecule has 0 aliphatic carbocycles. The van der Waals surface area contributed by atoms with E-state index in [1.54, 1.807) is 24.7 Å². The number of carbonyl (C=O) groups excluding carboxylic acids is 2. The molecule has 0 saturated heterocycles. The van der Waals surface area contributed by atoms with Crippen LogP contribution >= 0.6 is 11.6 Å². The first kappa shape index (κ1) is 18.8. The molecule has 4 aromatic rings. The third-order valence-electron chi connectivity index (χ3n) is 4.43. The zero-order chi connectivity index (χ0) is 20.4. The van der Waals surface area contributed by atoms with Crippen LogP contribution in [0.2, 0.25) is 5.02 Å². The van der Waals surface area contributed by atoms with Crippen LogP contribution in [0.25, 0.3) is 28.1 Å². The highest BCUT2D eigenvalue weighted by Crippen LogP contribution is 2.28. The highest BCUT2D eigenvalue weighted by Gasteiger charge is 2.16. The van der Waals surface area contributed by atoms with E-state index in [-0.39, 0.29) is 0 Å². The lowest BCUT2D eigenvalue weighted by Gasteiger charge is -2.10. The van der Waals surface area contributed by atoms with Crippen molar-refractivity contribution in [1.29, 1.82) is 0 Å². The fraction of sp³-hybridized carbons (Fsp3) is 0.0952. The smallest absolute Gasteiger partial charge is 0.235 e. The highest BCUT2D eigenvalue weighted by molar-refractivity contribution is 6.30. The van der Waals surface area contributed by atoms with E-state index in [0.717, 1.165) is 22.3 Å². The van der Waals surface area contributed by atoms with E-state index in [0.29, 0.717) is 23.0 Å². The number of fused-ring (bicyclic) bond motifs is 1. The van der Waals surface area contributed by atoms with Gasteiger partial charge >= 0.3 is 0 Å². The molecular weight excluding hydrogens is 390 g/mol. The van der Waals surface area contributed by atoms with Gasteiger partial charge in [0.2, 0.25) is 5.91 Å². The molecule has 3 aromatic heterocycles. The quantitative estimate of drug-likeness (QED) is 0.401. The number of hydrogen-bond donors (Lipinski definition) is 1. The van der Waals surface area contributed by atoms with Crippen molar-refractivity contribution < 1.29 is 9.59 Å². The second-order valence-electron chi connectivity index (χ2n) is 6.46. The van der Waals surface area contributed by atoms with Gasteiger partial charge in [-0.05, 0) is 49.4 Å². The molecule has 7 nitrogen and oxygen atoms in total. The van der Waals surface area contributed by atoms with Gasteiger partial charge in [-0.2, -0.15) is 0 Å². The van der Waals surface area contributed by atoms with Crippen LogP contribution in [0, 0.1) is 5.92 Å². The second kappa shape index (κ2) is 7.81. The number of hydrogen-bond acceptors (Lipinski definition) is 5. The first-order valence-electron chi connectivity index (χ1n) is 8.88. The largest absolute Gasteiger partial charge is 0.310 e. The average molecular weight is 406 g/mol.